The van der Waals surface area contributed by atoms with Crippen LogP contribution in [0.15, 0.2) is 60.9 Å². The summed E-state index contributed by atoms with van der Waals surface area (Å²) in [5, 5.41) is 4.86. The van der Waals surface area contributed by atoms with Gasteiger partial charge >= 0.3 is 10.2 Å². The Bertz CT molecular complexity index is 1130. The smallest absolute Gasteiger partial charge is 0.303 e. The molecular weight excluding hydrogens is 376 g/mol. The van der Waals surface area contributed by atoms with Crippen LogP contribution in [0.2, 0.25) is 0 Å². The molecule has 1 aliphatic rings. The molecule has 1 aromatic heterocycles. The first-order chi connectivity index (χ1) is 13.4. The number of fused-ring (bicyclic) bond motifs is 1. The summed E-state index contributed by atoms with van der Waals surface area (Å²) < 4.78 is 27.6. The van der Waals surface area contributed by atoms with E-state index < -0.39 is 10.2 Å². The van der Waals surface area contributed by atoms with Gasteiger partial charge in [0, 0.05) is 49.2 Å². The Kier molecular flexibility index (Phi) is 4.74. The topological polar surface area (TPSA) is 82.6 Å². The summed E-state index contributed by atoms with van der Waals surface area (Å²) in [6, 6.07) is 14.1. The van der Waals surface area contributed by atoms with Crippen LogP contribution < -0.4 is 9.62 Å². The van der Waals surface area contributed by atoms with E-state index in [-0.39, 0.29) is 5.91 Å². The van der Waals surface area contributed by atoms with Gasteiger partial charge in [-0.1, -0.05) is 6.07 Å². The van der Waals surface area contributed by atoms with Crippen LogP contribution in [0.25, 0.3) is 10.8 Å². The summed E-state index contributed by atoms with van der Waals surface area (Å²) in [6.07, 6.45) is 4.24. The summed E-state index contributed by atoms with van der Waals surface area (Å²) in [7, 11) is -1.92. The van der Waals surface area contributed by atoms with E-state index in [2.05, 4.69) is 10.3 Å². The molecule has 0 radical (unpaired) electrons. The van der Waals surface area contributed by atoms with Gasteiger partial charge < -0.3 is 5.32 Å². The third-order valence-corrected chi connectivity index (χ3v) is 6.74. The predicted molar refractivity (Wildman–Crippen MR) is 110 cm³/mol. The van der Waals surface area contributed by atoms with Gasteiger partial charge in [-0.15, -0.1) is 0 Å². The first kappa shape index (κ1) is 18.4. The number of aromatic nitrogens is 1. The monoisotopic (exact) mass is 396 g/mol. The molecular formula is C20H20N4O3S. The van der Waals surface area contributed by atoms with Gasteiger partial charge in [0.1, 0.15) is 0 Å². The third-order valence-electron chi connectivity index (χ3n) is 4.82. The second-order valence-corrected chi connectivity index (χ2v) is 8.65. The maximum Gasteiger partial charge on any atom is 0.303 e. The number of rotatable bonds is 3. The average Bonchev–Trinajstić information content (AvgIpc) is 2.70. The number of amides is 1. The Morgan fingerprint density at radius 1 is 1.04 bits per heavy atom. The summed E-state index contributed by atoms with van der Waals surface area (Å²) in [4.78, 5) is 16.6. The molecule has 1 fully saturated rings. The van der Waals surface area contributed by atoms with E-state index in [1.165, 1.54) is 8.61 Å². The zero-order valence-corrected chi connectivity index (χ0v) is 16.2. The maximum atomic E-state index is 12.6. The number of hydrogen-bond donors (Lipinski definition) is 1. The molecule has 0 spiro atoms. The van der Waals surface area contributed by atoms with E-state index in [1.807, 2.05) is 24.3 Å². The zero-order valence-electron chi connectivity index (χ0n) is 15.4. The highest BCUT2D eigenvalue weighted by Gasteiger charge is 2.30. The number of anilines is 2. The minimum Gasteiger partial charge on any atom is -0.322 e. The highest BCUT2D eigenvalue weighted by Crippen LogP contribution is 2.24. The highest BCUT2D eigenvalue weighted by molar-refractivity contribution is 7.90. The van der Waals surface area contributed by atoms with Crippen LogP contribution in [0.4, 0.5) is 11.4 Å². The number of nitrogens with zero attached hydrogens (tertiary/aromatic N) is 3. The first-order valence-electron chi connectivity index (χ1n) is 8.94. The molecule has 0 bridgehead atoms. The largest absolute Gasteiger partial charge is 0.322 e. The van der Waals surface area contributed by atoms with Crippen molar-refractivity contribution < 1.29 is 13.2 Å². The number of pyridine rings is 1. The van der Waals surface area contributed by atoms with E-state index in [9.17, 15) is 13.2 Å². The normalized spacial score (nSPS) is 16.8. The fourth-order valence-electron chi connectivity index (χ4n) is 3.24. The lowest BCUT2D eigenvalue weighted by Gasteiger charge is -2.33. The molecule has 1 saturated heterocycles. The Labute approximate surface area is 163 Å². The van der Waals surface area contributed by atoms with Crippen molar-refractivity contribution in [2.24, 2.45) is 0 Å². The van der Waals surface area contributed by atoms with Gasteiger partial charge in [-0.05, 0) is 54.3 Å². The summed E-state index contributed by atoms with van der Waals surface area (Å²) in [5.41, 5.74) is 1.70. The van der Waals surface area contributed by atoms with Crippen molar-refractivity contribution in [2.75, 3.05) is 29.8 Å². The second kappa shape index (κ2) is 7.21. The Morgan fingerprint density at radius 3 is 2.61 bits per heavy atom. The van der Waals surface area contributed by atoms with Gasteiger partial charge in [0.2, 0.25) is 0 Å². The lowest BCUT2D eigenvalue weighted by molar-refractivity contribution is 0.102. The summed E-state index contributed by atoms with van der Waals surface area (Å²) in [6.45, 7) is 0.950. The number of benzene rings is 2. The van der Waals surface area contributed by atoms with E-state index in [4.69, 9.17) is 0 Å². The molecule has 2 heterocycles. The predicted octanol–water partition coefficient (Wildman–Crippen LogP) is 2.87. The van der Waals surface area contributed by atoms with E-state index in [0.29, 0.717) is 30.0 Å². The van der Waals surface area contributed by atoms with E-state index >= 15 is 0 Å². The number of hydrogen-bond acceptors (Lipinski definition) is 4. The van der Waals surface area contributed by atoms with Gasteiger partial charge in [-0.2, -0.15) is 12.7 Å². The highest BCUT2D eigenvalue weighted by atomic mass is 32.2. The van der Waals surface area contributed by atoms with Crippen molar-refractivity contribution in [3.8, 4) is 0 Å². The maximum absolute atomic E-state index is 12.6. The van der Waals surface area contributed by atoms with Crippen molar-refractivity contribution in [1.82, 2.24) is 9.29 Å². The van der Waals surface area contributed by atoms with Gasteiger partial charge in [-0.25, -0.2) is 0 Å². The standard InChI is InChI=1S/C20H20N4O3S/c1-23-11-2-12-24(28(23,26)27)19-7-4-15(5-8-19)20(25)22-18-6-3-17-14-21-10-9-16(17)13-18/h3-10,13-14H,2,11-12H2,1H3,(H,22,25). The van der Waals surface area contributed by atoms with Crippen molar-refractivity contribution in [2.45, 2.75) is 6.42 Å². The molecule has 0 aliphatic carbocycles. The lowest BCUT2D eigenvalue weighted by Crippen LogP contribution is -2.47. The molecule has 1 N–H and O–H groups in total. The lowest BCUT2D eigenvalue weighted by atomic mass is 10.1. The van der Waals surface area contributed by atoms with Crippen LogP contribution in [-0.4, -0.2) is 43.8 Å². The first-order valence-corrected chi connectivity index (χ1v) is 10.3. The number of carbonyl (C=O) groups excluding carboxylic acids is 1. The van der Waals surface area contributed by atoms with Crippen molar-refractivity contribution in [1.29, 1.82) is 0 Å². The second-order valence-electron chi connectivity index (χ2n) is 6.69. The Hall–Kier alpha value is -2.97. The summed E-state index contributed by atoms with van der Waals surface area (Å²) >= 11 is 0. The van der Waals surface area contributed by atoms with Crippen LogP contribution >= 0.6 is 0 Å². The molecule has 1 amide bonds. The molecule has 28 heavy (non-hydrogen) atoms. The van der Waals surface area contributed by atoms with Gasteiger partial charge in [0.15, 0.2) is 0 Å². The Balaban J connectivity index is 1.52. The molecule has 2 aromatic carbocycles. The van der Waals surface area contributed by atoms with Crippen LogP contribution in [0, 0.1) is 0 Å². The molecule has 0 saturated carbocycles. The fraction of sp³-hybridized carbons (Fsp3) is 0.200. The molecule has 0 unspecified atom stereocenters. The molecule has 7 nitrogen and oxygen atoms in total. The van der Waals surface area contributed by atoms with Crippen molar-refractivity contribution in [3.63, 3.8) is 0 Å². The zero-order chi connectivity index (χ0) is 19.7. The third kappa shape index (κ3) is 3.44. The Morgan fingerprint density at radius 2 is 1.82 bits per heavy atom. The SMILES string of the molecule is CN1CCCN(c2ccc(C(=O)Nc3ccc4cnccc4c3)cc2)S1(=O)=O. The van der Waals surface area contributed by atoms with Crippen LogP contribution in [-0.2, 0) is 10.2 Å². The van der Waals surface area contributed by atoms with E-state index in [1.54, 1.807) is 43.7 Å². The molecule has 8 heteroatoms. The van der Waals surface area contributed by atoms with E-state index in [0.717, 1.165) is 17.2 Å². The minimum atomic E-state index is -3.50. The van der Waals surface area contributed by atoms with Crippen LogP contribution in [0.5, 0.6) is 0 Å². The molecule has 144 valence electrons. The molecule has 4 rings (SSSR count). The van der Waals surface area contributed by atoms with Gasteiger partial charge in [0.25, 0.3) is 5.91 Å². The molecule has 0 atom stereocenters. The van der Waals surface area contributed by atoms with Crippen molar-refractivity contribution in [3.05, 3.63) is 66.5 Å². The van der Waals surface area contributed by atoms with Crippen molar-refractivity contribution >= 4 is 38.3 Å². The van der Waals surface area contributed by atoms with Crippen LogP contribution in [0.3, 0.4) is 0 Å². The number of nitrogens with one attached hydrogen (secondary N) is 1. The number of carbonyl (C=O) groups is 1. The quantitative estimate of drug-likeness (QED) is 0.738. The van der Waals surface area contributed by atoms with Gasteiger partial charge in [0.05, 0.1) is 5.69 Å². The average molecular weight is 396 g/mol. The van der Waals surface area contributed by atoms with Gasteiger partial charge in [-0.3, -0.25) is 14.1 Å². The van der Waals surface area contributed by atoms with Crippen LogP contribution in [0.1, 0.15) is 16.8 Å². The minimum absolute atomic E-state index is 0.251. The fourth-order valence-corrected chi connectivity index (χ4v) is 4.69. The molecule has 3 aromatic rings. The summed E-state index contributed by atoms with van der Waals surface area (Å²) in [5.74, 6) is -0.251. The molecule has 1 aliphatic heterocycles.